The fourth-order valence-corrected chi connectivity index (χ4v) is 2.19. The Morgan fingerprint density at radius 1 is 1.38 bits per heavy atom. The van der Waals surface area contributed by atoms with E-state index in [4.69, 9.17) is 9.84 Å². The van der Waals surface area contributed by atoms with E-state index in [1.54, 1.807) is 0 Å². The molecule has 0 aromatic rings. The number of hydrogen-bond acceptors (Lipinski definition) is 3. The number of rotatable bonds is 2. The molecule has 2 fully saturated rings. The van der Waals surface area contributed by atoms with Gasteiger partial charge in [0.25, 0.3) is 0 Å². The Kier molecular flexibility index (Phi) is 1.85. The number of carboxylic acids is 1. The molecule has 1 spiro atoms. The van der Waals surface area contributed by atoms with Crippen molar-refractivity contribution in [2.45, 2.75) is 31.3 Å². The summed E-state index contributed by atoms with van der Waals surface area (Å²) in [5.41, 5.74) is -1.25. The third-order valence-electron chi connectivity index (χ3n) is 3.32. The molecule has 2 rings (SSSR count). The van der Waals surface area contributed by atoms with Crippen LogP contribution in [0.5, 0.6) is 0 Å². The van der Waals surface area contributed by atoms with Gasteiger partial charge in [0, 0.05) is 18.4 Å². The lowest BCUT2D eigenvalue weighted by Crippen LogP contribution is -2.48. The van der Waals surface area contributed by atoms with Crippen molar-refractivity contribution in [3.8, 4) is 0 Å². The molecule has 1 unspecified atom stereocenters. The van der Waals surface area contributed by atoms with Gasteiger partial charge in [0.1, 0.15) is 0 Å². The predicted molar refractivity (Wildman–Crippen MR) is 44.3 cm³/mol. The molecule has 4 nitrogen and oxygen atoms in total. The lowest BCUT2D eigenvalue weighted by atomic mass is 9.78. The van der Waals surface area contributed by atoms with Crippen LogP contribution in [0.2, 0.25) is 0 Å². The average Bonchev–Trinajstić information content (AvgIpc) is 2.76. The van der Waals surface area contributed by atoms with E-state index >= 15 is 0 Å². The summed E-state index contributed by atoms with van der Waals surface area (Å²) in [5, 5.41) is 18.9. The third-order valence-corrected chi connectivity index (χ3v) is 3.32. The quantitative estimate of drug-likeness (QED) is 0.654. The molecule has 2 aliphatic rings. The summed E-state index contributed by atoms with van der Waals surface area (Å²) >= 11 is 0. The highest BCUT2D eigenvalue weighted by Gasteiger charge is 2.60. The second-order valence-corrected chi connectivity index (χ2v) is 4.19. The largest absolute Gasteiger partial charge is 0.481 e. The molecular weight excluding hydrogens is 172 g/mol. The first-order valence-corrected chi connectivity index (χ1v) is 4.60. The van der Waals surface area contributed by atoms with Crippen LogP contribution >= 0.6 is 0 Å². The highest BCUT2D eigenvalue weighted by molar-refractivity contribution is 5.68. The van der Waals surface area contributed by atoms with Gasteiger partial charge in [0.05, 0.1) is 18.6 Å². The molecule has 1 saturated carbocycles. The van der Waals surface area contributed by atoms with E-state index < -0.39 is 11.6 Å². The standard InChI is InChI=1S/C9H14O4/c10-7(11)5-9(12)3-4-13-6-8(9)1-2-8/h12H,1-6H2,(H,10,11). The average molecular weight is 186 g/mol. The van der Waals surface area contributed by atoms with Crippen molar-refractivity contribution < 1.29 is 19.7 Å². The maximum absolute atomic E-state index is 10.6. The highest BCUT2D eigenvalue weighted by atomic mass is 16.5. The van der Waals surface area contributed by atoms with Crippen LogP contribution in [0.3, 0.4) is 0 Å². The highest BCUT2D eigenvalue weighted by Crippen LogP contribution is 2.58. The lowest BCUT2D eigenvalue weighted by Gasteiger charge is -2.39. The van der Waals surface area contributed by atoms with Gasteiger partial charge in [-0.2, -0.15) is 0 Å². The van der Waals surface area contributed by atoms with Crippen molar-refractivity contribution >= 4 is 5.97 Å². The van der Waals surface area contributed by atoms with Gasteiger partial charge >= 0.3 is 5.97 Å². The Bertz CT molecular complexity index is 234. The molecule has 13 heavy (non-hydrogen) atoms. The van der Waals surface area contributed by atoms with Crippen molar-refractivity contribution in [2.75, 3.05) is 13.2 Å². The van der Waals surface area contributed by atoms with E-state index in [0.717, 1.165) is 12.8 Å². The van der Waals surface area contributed by atoms with Gasteiger partial charge in [-0.25, -0.2) is 0 Å². The third kappa shape index (κ3) is 1.34. The van der Waals surface area contributed by atoms with Crippen LogP contribution in [0.25, 0.3) is 0 Å². The van der Waals surface area contributed by atoms with Gasteiger partial charge in [-0.15, -0.1) is 0 Å². The predicted octanol–water partition coefficient (Wildman–Crippen LogP) is 0.393. The van der Waals surface area contributed by atoms with Crippen molar-refractivity contribution in [1.82, 2.24) is 0 Å². The molecular formula is C9H14O4. The maximum Gasteiger partial charge on any atom is 0.306 e. The Morgan fingerprint density at radius 3 is 2.62 bits per heavy atom. The van der Waals surface area contributed by atoms with Gasteiger partial charge in [-0.1, -0.05) is 0 Å². The first-order chi connectivity index (χ1) is 6.08. The first kappa shape index (κ1) is 8.97. The smallest absolute Gasteiger partial charge is 0.306 e. The van der Waals surface area contributed by atoms with Gasteiger partial charge in [0.2, 0.25) is 0 Å². The summed E-state index contributed by atoms with van der Waals surface area (Å²) in [7, 11) is 0. The minimum atomic E-state index is -1.02. The molecule has 0 aromatic heterocycles. The van der Waals surface area contributed by atoms with E-state index in [1.807, 2.05) is 0 Å². The van der Waals surface area contributed by atoms with Crippen LogP contribution in [0.4, 0.5) is 0 Å². The van der Waals surface area contributed by atoms with Crippen LogP contribution in [0.1, 0.15) is 25.7 Å². The summed E-state index contributed by atoms with van der Waals surface area (Å²) in [5.74, 6) is -0.921. The maximum atomic E-state index is 10.6. The molecule has 74 valence electrons. The summed E-state index contributed by atoms with van der Waals surface area (Å²) < 4.78 is 5.27. The molecule has 2 N–H and O–H groups in total. The number of carboxylic acid groups (broad SMARTS) is 1. The molecule has 0 radical (unpaired) electrons. The zero-order valence-corrected chi connectivity index (χ0v) is 7.45. The molecule has 1 heterocycles. The van der Waals surface area contributed by atoms with E-state index in [9.17, 15) is 9.90 Å². The van der Waals surface area contributed by atoms with E-state index in [-0.39, 0.29) is 11.8 Å². The molecule has 0 aromatic carbocycles. The van der Waals surface area contributed by atoms with Gasteiger partial charge in [-0.05, 0) is 12.8 Å². The first-order valence-electron chi connectivity index (χ1n) is 4.60. The van der Waals surface area contributed by atoms with Crippen LogP contribution < -0.4 is 0 Å². The Balaban J connectivity index is 2.13. The minimum Gasteiger partial charge on any atom is -0.481 e. The molecule has 0 amide bonds. The number of hydrogen-bond donors (Lipinski definition) is 2. The molecule has 1 aliphatic heterocycles. The summed E-state index contributed by atoms with van der Waals surface area (Å²) in [6.07, 6.45) is 2.11. The van der Waals surface area contributed by atoms with Crippen LogP contribution in [-0.2, 0) is 9.53 Å². The SMILES string of the molecule is O=C(O)CC1(O)CCOCC12CC2. The number of carbonyl (C=O) groups is 1. The summed E-state index contributed by atoms with van der Waals surface area (Å²) in [6, 6.07) is 0. The van der Waals surface area contributed by atoms with Crippen molar-refractivity contribution in [1.29, 1.82) is 0 Å². The second kappa shape index (κ2) is 2.69. The second-order valence-electron chi connectivity index (χ2n) is 4.19. The Morgan fingerprint density at radius 2 is 2.08 bits per heavy atom. The van der Waals surface area contributed by atoms with E-state index in [0.29, 0.717) is 19.6 Å². The van der Waals surface area contributed by atoms with E-state index in [2.05, 4.69) is 0 Å². The van der Waals surface area contributed by atoms with E-state index in [1.165, 1.54) is 0 Å². The zero-order chi connectivity index (χ0) is 9.53. The Labute approximate surface area is 76.5 Å². The molecule has 1 aliphatic carbocycles. The normalized spacial score (nSPS) is 36.1. The number of aliphatic hydroxyl groups is 1. The monoisotopic (exact) mass is 186 g/mol. The summed E-state index contributed by atoms with van der Waals surface area (Å²) in [6.45, 7) is 1.00. The van der Waals surface area contributed by atoms with Crippen molar-refractivity contribution in [3.63, 3.8) is 0 Å². The lowest BCUT2D eigenvalue weighted by molar-refractivity contribution is -0.160. The number of aliphatic carboxylic acids is 1. The number of ether oxygens (including phenoxy) is 1. The fourth-order valence-electron chi connectivity index (χ4n) is 2.19. The Hall–Kier alpha value is -0.610. The van der Waals surface area contributed by atoms with Crippen LogP contribution in [0.15, 0.2) is 0 Å². The van der Waals surface area contributed by atoms with Crippen LogP contribution in [0, 0.1) is 5.41 Å². The van der Waals surface area contributed by atoms with Crippen molar-refractivity contribution in [2.24, 2.45) is 5.41 Å². The van der Waals surface area contributed by atoms with Gasteiger partial charge < -0.3 is 14.9 Å². The molecule has 1 saturated heterocycles. The summed E-state index contributed by atoms with van der Waals surface area (Å²) in [4.78, 5) is 10.6. The zero-order valence-electron chi connectivity index (χ0n) is 7.45. The fraction of sp³-hybridized carbons (Fsp3) is 0.889. The minimum absolute atomic E-state index is 0.143. The molecule has 1 atom stereocenters. The van der Waals surface area contributed by atoms with Gasteiger partial charge in [0.15, 0.2) is 0 Å². The molecule has 4 heteroatoms. The van der Waals surface area contributed by atoms with Gasteiger partial charge in [-0.3, -0.25) is 4.79 Å². The van der Waals surface area contributed by atoms with Crippen LogP contribution in [-0.4, -0.2) is 35.0 Å². The topological polar surface area (TPSA) is 66.8 Å². The van der Waals surface area contributed by atoms with Crippen molar-refractivity contribution in [3.05, 3.63) is 0 Å². The molecule has 0 bridgehead atoms.